The van der Waals surface area contributed by atoms with E-state index in [1.54, 1.807) is 4.90 Å². The van der Waals surface area contributed by atoms with Crippen molar-refractivity contribution in [3.05, 3.63) is 108 Å². The lowest BCUT2D eigenvalue weighted by Crippen LogP contribution is -2.52. The van der Waals surface area contributed by atoms with Gasteiger partial charge in [0.2, 0.25) is 15.9 Å². The molecule has 34 heavy (non-hydrogen) atoms. The van der Waals surface area contributed by atoms with Crippen molar-refractivity contribution in [2.75, 3.05) is 32.7 Å². The van der Waals surface area contributed by atoms with Crippen LogP contribution >= 0.6 is 0 Å². The minimum absolute atomic E-state index is 0.00546. The highest BCUT2D eigenvalue weighted by Crippen LogP contribution is 2.19. The summed E-state index contributed by atoms with van der Waals surface area (Å²) in [5.41, 5.74) is 3.11. The zero-order valence-corrected chi connectivity index (χ0v) is 20.0. The summed E-state index contributed by atoms with van der Waals surface area (Å²) in [5, 5.41) is 3.43. The Labute approximate surface area is 202 Å². The van der Waals surface area contributed by atoms with Crippen molar-refractivity contribution < 1.29 is 13.2 Å². The molecule has 3 aromatic rings. The van der Waals surface area contributed by atoms with Gasteiger partial charge in [0.05, 0.1) is 12.3 Å². The molecule has 4 rings (SSSR count). The normalized spacial score (nSPS) is 15.7. The van der Waals surface area contributed by atoms with Gasteiger partial charge < -0.3 is 10.2 Å². The smallest absolute Gasteiger partial charge is 0.236 e. The molecule has 0 spiro atoms. The van der Waals surface area contributed by atoms with Gasteiger partial charge in [0.15, 0.2) is 0 Å². The molecule has 0 radical (unpaired) electrons. The van der Waals surface area contributed by atoms with Gasteiger partial charge in [-0.25, -0.2) is 8.42 Å². The van der Waals surface area contributed by atoms with Crippen molar-refractivity contribution in [2.24, 2.45) is 0 Å². The summed E-state index contributed by atoms with van der Waals surface area (Å²) in [6, 6.07) is 29.6. The highest BCUT2D eigenvalue weighted by Gasteiger charge is 2.29. The highest BCUT2D eigenvalue weighted by molar-refractivity contribution is 7.88. The lowest BCUT2D eigenvalue weighted by molar-refractivity contribution is -0.131. The second-order valence-corrected chi connectivity index (χ2v) is 10.5. The fourth-order valence-corrected chi connectivity index (χ4v) is 5.77. The van der Waals surface area contributed by atoms with E-state index >= 15 is 0 Å². The number of rotatable bonds is 9. The average Bonchev–Trinajstić information content (AvgIpc) is 2.88. The molecule has 1 N–H and O–H groups in total. The van der Waals surface area contributed by atoms with Crippen LogP contribution in [0.3, 0.4) is 0 Å². The van der Waals surface area contributed by atoms with Crippen molar-refractivity contribution in [1.82, 2.24) is 14.5 Å². The average molecular weight is 478 g/mol. The minimum Gasteiger partial charge on any atom is -0.339 e. The predicted octanol–water partition coefficient (Wildman–Crippen LogP) is 3.23. The van der Waals surface area contributed by atoms with Crippen LogP contribution in [0.15, 0.2) is 91.0 Å². The van der Waals surface area contributed by atoms with E-state index in [1.807, 2.05) is 66.7 Å². The van der Waals surface area contributed by atoms with E-state index < -0.39 is 10.0 Å². The van der Waals surface area contributed by atoms with Gasteiger partial charge in [-0.2, -0.15) is 4.31 Å². The number of nitrogens with zero attached hydrogens (tertiary/aromatic N) is 2. The van der Waals surface area contributed by atoms with Crippen LogP contribution in [0, 0.1) is 0 Å². The van der Waals surface area contributed by atoms with Crippen molar-refractivity contribution in [3.8, 4) is 0 Å². The van der Waals surface area contributed by atoms with E-state index in [9.17, 15) is 13.2 Å². The minimum atomic E-state index is -3.40. The zero-order chi connectivity index (χ0) is 23.8. The zero-order valence-electron chi connectivity index (χ0n) is 19.2. The molecule has 178 valence electrons. The van der Waals surface area contributed by atoms with Gasteiger partial charge in [-0.05, 0) is 23.1 Å². The molecule has 1 atom stereocenters. The van der Waals surface area contributed by atoms with Crippen LogP contribution in [-0.2, 0) is 27.0 Å². The summed E-state index contributed by atoms with van der Waals surface area (Å²) in [6.45, 7) is 1.68. The highest BCUT2D eigenvalue weighted by atomic mass is 32.2. The molecule has 0 unspecified atom stereocenters. The van der Waals surface area contributed by atoms with Gasteiger partial charge in [-0.15, -0.1) is 0 Å². The third kappa shape index (κ3) is 6.53. The number of hydrogen-bond donors (Lipinski definition) is 1. The first-order valence-corrected chi connectivity index (χ1v) is 13.2. The summed E-state index contributed by atoms with van der Waals surface area (Å²) >= 11 is 0. The maximum Gasteiger partial charge on any atom is 0.236 e. The Kier molecular flexibility index (Phi) is 8.11. The van der Waals surface area contributed by atoms with Crippen molar-refractivity contribution in [3.63, 3.8) is 0 Å². The summed E-state index contributed by atoms with van der Waals surface area (Å²) < 4.78 is 27.1. The number of carbonyl (C=O) groups is 1. The van der Waals surface area contributed by atoms with Crippen LogP contribution in [0.4, 0.5) is 0 Å². The van der Waals surface area contributed by atoms with E-state index in [0.29, 0.717) is 26.2 Å². The van der Waals surface area contributed by atoms with Crippen LogP contribution in [0.1, 0.15) is 22.7 Å². The Morgan fingerprint density at radius 1 is 0.765 bits per heavy atom. The third-order valence-electron chi connectivity index (χ3n) is 6.16. The molecule has 1 heterocycles. The molecular formula is C27H31N3O3S. The molecular weight excluding hydrogens is 446 g/mol. The van der Waals surface area contributed by atoms with Crippen LogP contribution in [0.2, 0.25) is 0 Å². The van der Waals surface area contributed by atoms with Crippen LogP contribution in [-0.4, -0.2) is 56.3 Å². The van der Waals surface area contributed by atoms with Crippen LogP contribution in [0.5, 0.6) is 0 Å². The van der Waals surface area contributed by atoms with Gasteiger partial charge in [0.25, 0.3) is 0 Å². The van der Waals surface area contributed by atoms with Gasteiger partial charge in [-0.3, -0.25) is 4.79 Å². The van der Waals surface area contributed by atoms with Gasteiger partial charge in [0.1, 0.15) is 0 Å². The molecule has 1 fully saturated rings. The Balaban J connectivity index is 1.32. The van der Waals surface area contributed by atoms with E-state index in [-0.39, 0.29) is 24.2 Å². The summed E-state index contributed by atoms with van der Waals surface area (Å²) in [7, 11) is -3.40. The Bertz CT molecular complexity index is 1150. The molecule has 0 aliphatic carbocycles. The maximum absolute atomic E-state index is 12.9. The fraction of sp³-hybridized carbons (Fsp3) is 0.296. The molecule has 0 bridgehead atoms. The molecule has 6 nitrogen and oxygen atoms in total. The molecule has 1 saturated heterocycles. The maximum atomic E-state index is 12.9. The molecule has 1 aliphatic heterocycles. The number of hydrogen-bond acceptors (Lipinski definition) is 4. The predicted molar refractivity (Wildman–Crippen MR) is 135 cm³/mol. The van der Waals surface area contributed by atoms with Crippen molar-refractivity contribution in [2.45, 2.75) is 18.2 Å². The summed E-state index contributed by atoms with van der Waals surface area (Å²) in [4.78, 5) is 14.7. The quantitative estimate of drug-likeness (QED) is 0.514. The fourth-order valence-electron chi connectivity index (χ4n) is 4.26. The number of nitrogens with one attached hydrogen (secondary N) is 1. The lowest BCUT2D eigenvalue weighted by atomic mass is 9.99. The second kappa shape index (κ2) is 11.4. The lowest BCUT2D eigenvalue weighted by Gasteiger charge is -2.34. The first kappa shape index (κ1) is 24.1. The van der Waals surface area contributed by atoms with Crippen molar-refractivity contribution in [1.29, 1.82) is 0 Å². The number of piperazine rings is 1. The largest absolute Gasteiger partial charge is 0.339 e. The molecule has 7 heteroatoms. The summed E-state index contributed by atoms with van der Waals surface area (Å²) in [6.07, 6.45) is 0.781. The molecule has 1 amide bonds. The monoisotopic (exact) mass is 477 g/mol. The van der Waals surface area contributed by atoms with Crippen LogP contribution in [0.25, 0.3) is 0 Å². The van der Waals surface area contributed by atoms with E-state index in [0.717, 1.165) is 17.5 Å². The van der Waals surface area contributed by atoms with Crippen molar-refractivity contribution >= 4 is 15.9 Å². The van der Waals surface area contributed by atoms with E-state index in [1.165, 1.54) is 9.87 Å². The third-order valence-corrected chi connectivity index (χ3v) is 8.01. The number of benzene rings is 3. The summed E-state index contributed by atoms with van der Waals surface area (Å²) in [5.74, 6) is -0.0178. The first-order chi connectivity index (χ1) is 16.5. The van der Waals surface area contributed by atoms with E-state index in [2.05, 4.69) is 29.6 Å². The van der Waals surface area contributed by atoms with Crippen LogP contribution < -0.4 is 5.32 Å². The molecule has 1 aliphatic rings. The molecule has 0 aromatic heterocycles. The number of sulfonamides is 1. The standard InChI is InChI=1S/C27H31N3O3S/c31-27(21-28-26(25-14-8-3-9-15-25)20-23-10-4-1-5-11-23)29-16-18-30(19-17-29)34(32,33)22-24-12-6-2-7-13-24/h1-15,26,28H,16-22H2/t26-/m0/s1. The van der Waals surface area contributed by atoms with Gasteiger partial charge in [-0.1, -0.05) is 91.0 Å². The SMILES string of the molecule is O=C(CN[C@@H](Cc1ccccc1)c1ccccc1)N1CCN(S(=O)(=O)Cc2ccccc2)CC1. The Morgan fingerprint density at radius 2 is 1.29 bits per heavy atom. The second-order valence-electron chi connectivity index (χ2n) is 8.56. The van der Waals surface area contributed by atoms with Gasteiger partial charge >= 0.3 is 0 Å². The Hall–Kier alpha value is -3.00. The topological polar surface area (TPSA) is 69.7 Å². The Morgan fingerprint density at radius 3 is 1.88 bits per heavy atom. The number of amides is 1. The first-order valence-electron chi connectivity index (χ1n) is 11.6. The molecule has 0 saturated carbocycles. The molecule has 3 aromatic carbocycles. The van der Waals surface area contributed by atoms with E-state index in [4.69, 9.17) is 0 Å². The number of carbonyl (C=O) groups excluding carboxylic acids is 1. The van der Waals surface area contributed by atoms with Gasteiger partial charge in [0, 0.05) is 32.2 Å².